The summed E-state index contributed by atoms with van der Waals surface area (Å²) in [4.78, 5) is 24.1. The molecule has 0 radical (unpaired) electrons. The zero-order chi connectivity index (χ0) is 18.4. The number of aromatic nitrogens is 2. The van der Waals surface area contributed by atoms with Gasteiger partial charge in [0.1, 0.15) is 0 Å². The van der Waals surface area contributed by atoms with Crippen LogP contribution in [0.25, 0.3) is 11.4 Å². The molecule has 5 rings (SSSR count). The molecule has 2 aromatic carbocycles. The third-order valence-corrected chi connectivity index (χ3v) is 5.18. The number of hydrogen-bond acceptors (Lipinski definition) is 7. The van der Waals surface area contributed by atoms with Crippen molar-refractivity contribution in [2.75, 3.05) is 10.6 Å². The van der Waals surface area contributed by atoms with Crippen LogP contribution in [0.1, 0.15) is 31.8 Å². The fourth-order valence-electron chi connectivity index (χ4n) is 3.20. The average molecular weight is 372 g/mol. The first-order chi connectivity index (χ1) is 13.2. The van der Waals surface area contributed by atoms with E-state index in [1.807, 2.05) is 36.4 Å². The first kappa shape index (κ1) is 15.7. The van der Waals surface area contributed by atoms with Crippen molar-refractivity contribution >= 4 is 44.6 Å². The summed E-state index contributed by atoms with van der Waals surface area (Å²) in [5.74, 6) is -0.0515. The topological polar surface area (TPSA) is 84.0 Å². The second-order valence-corrected chi connectivity index (χ2v) is 7.08. The number of hydrogen-bond donors (Lipinski definition) is 2. The van der Waals surface area contributed by atoms with Crippen LogP contribution in [0.15, 0.2) is 60.7 Å². The van der Waals surface area contributed by atoms with E-state index >= 15 is 0 Å². The summed E-state index contributed by atoms with van der Waals surface area (Å²) in [6, 6.07) is 14.9. The van der Waals surface area contributed by atoms with Gasteiger partial charge >= 0.3 is 0 Å². The molecule has 0 bridgehead atoms. The number of allylic oxidation sites excluding steroid dienone is 2. The molecule has 0 saturated heterocycles. The Morgan fingerprint density at radius 1 is 0.630 bits per heavy atom. The van der Waals surface area contributed by atoms with Crippen molar-refractivity contribution in [1.29, 1.82) is 0 Å². The van der Waals surface area contributed by atoms with Crippen LogP contribution in [-0.4, -0.2) is 21.8 Å². The molecule has 2 N–H and O–H groups in total. The number of nitrogens with one attached hydrogen (secondary N) is 2. The number of rotatable bonds is 4. The lowest BCUT2D eigenvalue weighted by Gasteiger charge is -2.05. The zero-order valence-electron chi connectivity index (χ0n) is 13.9. The molecule has 0 saturated carbocycles. The van der Waals surface area contributed by atoms with E-state index in [1.165, 1.54) is 11.3 Å². The number of ketones is 2. The van der Waals surface area contributed by atoms with Crippen LogP contribution in [0.4, 0.5) is 10.3 Å². The minimum Gasteiger partial charge on any atom is -0.329 e. The van der Waals surface area contributed by atoms with Crippen molar-refractivity contribution in [1.82, 2.24) is 10.2 Å². The molecule has 130 valence electrons. The fraction of sp³-hybridized carbons (Fsp3) is 0. The highest BCUT2D eigenvalue weighted by atomic mass is 32.1. The molecule has 2 aliphatic carbocycles. The molecule has 0 fully saturated rings. The Morgan fingerprint density at radius 2 is 1.04 bits per heavy atom. The van der Waals surface area contributed by atoms with Crippen LogP contribution >= 0.6 is 11.3 Å². The van der Waals surface area contributed by atoms with E-state index in [0.717, 1.165) is 11.1 Å². The highest BCUT2D eigenvalue weighted by Gasteiger charge is 2.23. The molecule has 1 aromatic heterocycles. The van der Waals surface area contributed by atoms with E-state index in [0.29, 0.717) is 32.8 Å². The molecular weight excluding hydrogens is 360 g/mol. The number of nitrogens with zero attached hydrogens (tertiary/aromatic N) is 2. The first-order valence-electron chi connectivity index (χ1n) is 8.27. The van der Waals surface area contributed by atoms with Crippen LogP contribution in [0.3, 0.4) is 0 Å². The quantitative estimate of drug-likeness (QED) is 0.724. The molecule has 0 unspecified atom stereocenters. The first-order valence-corrected chi connectivity index (χ1v) is 9.09. The Bertz CT molecular complexity index is 1090. The summed E-state index contributed by atoms with van der Waals surface area (Å²) in [6.07, 6.45) is 3.13. The lowest BCUT2D eigenvalue weighted by molar-refractivity contribution is 0.104. The third-order valence-electron chi connectivity index (χ3n) is 4.42. The SMILES string of the molecule is O=C1C=C(Nc2nnc(NC3=CC(=O)c4ccccc43)s2)c2ccccc21. The van der Waals surface area contributed by atoms with Gasteiger partial charge in [0.25, 0.3) is 0 Å². The molecule has 3 aromatic rings. The lowest BCUT2D eigenvalue weighted by Crippen LogP contribution is -1.96. The molecule has 0 atom stereocenters. The lowest BCUT2D eigenvalue weighted by atomic mass is 10.1. The van der Waals surface area contributed by atoms with Crippen molar-refractivity contribution in [2.24, 2.45) is 0 Å². The predicted molar refractivity (Wildman–Crippen MR) is 105 cm³/mol. The summed E-state index contributed by atoms with van der Waals surface area (Å²) in [5.41, 5.74) is 4.47. The molecule has 0 amide bonds. The maximum Gasteiger partial charge on any atom is 0.211 e. The van der Waals surface area contributed by atoms with Crippen molar-refractivity contribution in [3.05, 3.63) is 82.9 Å². The van der Waals surface area contributed by atoms with E-state index in [9.17, 15) is 9.59 Å². The smallest absolute Gasteiger partial charge is 0.211 e. The molecule has 0 spiro atoms. The van der Waals surface area contributed by atoms with Gasteiger partial charge in [0, 0.05) is 34.4 Å². The monoisotopic (exact) mass is 372 g/mol. The summed E-state index contributed by atoms with van der Waals surface area (Å²) in [5, 5.41) is 15.7. The molecule has 6 nitrogen and oxygen atoms in total. The Hall–Kier alpha value is -3.58. The average Bonchev–Trinajstić information content (AvgIpc) is 3.35. The van der Waals surface area contributed by atoms with Crippen LogP contribution in [0.5, 0.6) is 0 Å². The maximum atomic E-state index is 12.0. The standard InChI is InChI=1S/C20H12N4O2S/c25-17-9-15(11-5-1-3-7-13(11)17)21-19-23-24-20(27-19)22-16-10-18(26)14-8-4-2-6-12(14)16/h1-10H,(H,21,23)(H,22,24). The Morgan fingerprint density at radius 3 is 1.48 bits per heavy atom. The molecular formula is C20H12N4O2S. The van der Waals surface area contributed by atoms with E-state index in [4.69, 9.17) is 0 Å². The van der Waals surface area contributed by atoms with Gasteiger partial charge in [0.15, 0.2) is 11.6 Å². The van der Waals surface area contributed by atoms with Gasteiger partial charge in [0.2, 0.25) is 10.3 Å². The summed E-state index contributed by atoms with van der Waals surface area (Å²) in [6.45, 7) is 0. The van der Waals surface area contributed by atoms with Gasteiger partial charge in [-0.3, -0.25) is 9.59 Å². The highest BCUT2D eigenvalue weighted by Crippen LogP contribution is 2.33. The van der Waals surface area contributed by atoms with Crippen molar-refractivity contribution in [3.63, 3.8) is 0 Å². The van der Waals surface area contributed by atoms with Crippen LogP contribution in [0.2, 0.25) is 0 Å². The van der Waals surface area contributed by atoms with Crippen molar-refractivity contribution < 1.29 is 9.59 Å². The molecule has 7 heteroatoms. The minimum atomic E-state index is -0.0257. The third kappa shape index (κ3) is 2.65. The Balaban J connectivity index is 1.36. The van der Waals surface area contributed by atoms with Crippen LogP contribution in [0, 0.1) is 0 Å². The second-order valence-electron chi connectivity index (χ2n) is 6.10. The predicted octanol–water partition coefficient (Wildman–Crippen LogP) is 3.84. The Kier molecular flexibility index (Phi) is 3.48. The van der Waals surface area contributed by atoms with E-state index in [1.54, 1.807) is 24.3 Å². The van der Waals surface area contributed by atoms with Gasteiger partial charge in [-0.25, -0.2) is 0 Å². The Labute approximate surface area is 158 Å². The number of carbonyl (C=O) groups is 2. The van der Waals surface area contributed by atoms with E-state index in [2.05, 4.69) is 20.8 Å². The summed E-state index contributed by atoms with van der Waals surface area (Å²) >= 11 is 1.31. The van der Waals surface area contributed by atoms with Gasteiger partial charge in [-0.2, -0.15) is 0 Å². The van der Waals surface area contributed by atoms with Crippen LogP contribution in [-0.2, 0) is 0 Å². The minimum absolute atomic E-state index is 0.0257. The number of carbonyl (C=O) groups excluding carboxylic acids is 2. The van der Waals surface area contributed by atoms with Gasteiger partial charge in [-0.15, -0.1) is 10.2 Å². The molecule has 1 heterocycles. The normalized spacial score (nSPS) is 14.5. The van der Waals surface area contributed by atoms with Crippen molar-refractivity contribution in [3.8, 4) is 0 Å². The van der Waals surface area contributed by atoms with Crippen molar-refractivity contribution in [2.45, 2.75) is 0 Å². The summed E-state index contributed by atoms with van der Waals surface area (Å²) < 4.78 is 0. The van der Waals surface area contributed by atoms with E-state index < -0.39 is 0 Å². The maximum absolute atomic E-state index is 12.0. The van der Waals surface area contributed by atoms with Crippen LogP contribution < -0.4 is 10.6 Å². The van der Waals surface area contributed by atoms with Gasteiger partial charge in [0.05, 0.1) is 11.4 Å². The van der Waals surface area contributed by atoms with Gasteiger partial charge < -0.3 is 10.6 Å². The molecule has 0 aliphatic heterocycles. The largest absolute Gasteiger partial charge is 0.329 e. The van der Waals surface area contributed by atoms with Gasteiger partial charge in [-0.05, 0) is 0 Å². The molecule has 27 heavy (non-hydrogen) atoms. The zero-order valence-corrected chi connectivity index (χ0v) is 14.7. The summed E-state index contributed by atoms with van der Waals surface area (Å²) in [7, 11) is 0. The van der Waals surface area contributed by atoms with E-state index in [-0.39, 0.29) is 11.6 Å². The van der Waals surface area contributed by atoms with Gasteiger partial charge in [-0.1, -0.05) is 59.9 Å². The highest BCUT2D eigenvalue weighted by molar-refractivity contribution is 7.19. The number of anilines is 2. The number of fused-ring (bicyclic) bond motifs is 2. The number of benzene rings is 2. The molecule has 2 aliphatic rings. The fourth-order valence-corrected chi connectivity index (χ4v) is 3.87. The second kappa shape index (κ2) is 6.00.